The average molecular weight is 371 g/mol. The van der Waals surface area contributed by atoms with Gasteiger partial charge in [0.1, 0.15) is 5.69 Å². The van der Waals surface area contributed by atoms with Gasteiger partial charge in [0, 0.05) is 25.8 Å². The van der Waals surface area contributed by atoms with Crippen molar-refractivity contribution in [2.24, 2.45) is 5.92 Å². The standard InChI is InChI=1S/C17H26N4O3.ClH/c1-2-24-17(23)13-5-4-9-20(12-13)16(22)15-7-10-21(19-15)14-6-3-8-18-11-14;/h7,10,13-14,18H,2-6,8-9,11-12H2,1H3;1H. The fourth-order valence-electron chi connectivity index (χ4n) is 3.49. The molecule has 0 spiro atoms. The van der Waals surface area contributed by atoms with Crippen molar-refractivity contribution in [3.05, 3.63) is 18.0 Å². The lowest BCUT2D eigenvalue weighted by Crippen LogP contribution is -2.43. The van der Waals surface area contributed by atoms with E-state index in [-0.39, 0.29) is 30.2 Å². The van der Waals surface area contributed by atoms with Gasteiger partial charge in [-0.1, -0.05) is 0 Å². The summed E-state index contributed by atoms with van der Waals surface area (Å²) in [5.41, 5.74) is 0.463. The molecule has 3 rings (SSSR count). The van der Waals surface area contributed by atoms with Gasteiger partial charge in [-0.25, -0.2) is 0 Å². The molecule has 1 aromatic rings. The molecule has 0 saturated carbocycles. The number of amides is 1. The number of rotatable bonds is 4. The van der Waals surface area contributed by atoms with E-state index >= 15 is 0 Å². The minimum atomic E-state index is -0.215. The van der Waals surface area contributed by atoms with Gasteiger partial charge in [-0.05, 0) is 45.2 Å². The molecule has 1 aromatic heterocycles. The van der Waals surface area contributed by atoms with Gasteiger partial charge in [0.2, 0.25) is 0 Å². The monoisotopic (exact) mass is 370 g/mol. The zero-order chi connectivity index (χ0) is 16.9. The maximum atomic E-state index is 12.7. The van der Waals surface area contributed by atoms with Crippen LogP contribution in [0.3, 0.4) is 0 Å². The number of nitrogens with one attached hydrogen (secondary N) is 1. The van der Waals surface area contributed by atoms with Gasteiger partial charge in [0.15, 0.2) is 0 Å². The predicted molar refractivity (Wildman–Crippen MR) is 95.9 cm³/mol. The van der Waals surface area contributed by atoms with Crippen LogP contribution in [0.4, 0.5) is 0 Å². The summed E-state index contributed by atoms with van der Waals surface area (Å²) in [5, 5.41) is 7.84. The summed E-state index contributed by atoms with van der Waals surface area (Å²) in [5.74, 6) is -0.507. The molecule has 0 aromatic carbocycles. The fourth-order valence-corrected chi connectivity index (χ4v) is 3.49. The van der Waals surface area contributed by atoms with E-state index in [9.17, 15) is 9.59 Å². The molecule has 1 N–H and O–H groups in total. The number of nitrogens with zero attached hydrogens (tertiary/aromatic N) is 3. The Morgan fingerprint density at radius 1 is 1.36 bits per heavy atom. The molecule has 0 radical (unpaired) electrons. The van der Waals surface area contributed by atoms with Gasteiger partial charge in [-0.2, -0.15) is 5.10 Å². The third-order valence-electron chi connectivity index (χ3n) is 4.80. The minimum Gasteiger partial charge on any atom is -0.466 e. The number of hydrogen-bond acceptors (Lipinski definition) is 5. The lowest BCUT2D eigenvalue weighted by molar-refractivity contribution is -0.149. The largest absolute Gasteiger partial charge is 0.466 e. The van der Waals surface area contributed by atoms with Gasteiger partial charge < -0.3 is 15.0 Å². The van der Waals surface area contributed by atoms with E-state index in [4.69, 9.17) is 4.74 Å². The number of likely N-dealkylation sites (tertiary alicyclic amines) is 1. The second-order valence-corrected chi connectivity index (χ2v) is 6.52. The first-order valence-corrected chi connectivity index (χ1v) is 8.91. The molecule has 25 heavy (non-hydrogen) atoms. The molecule has 2 unspecified atom stereocenters. The number of hydrogen-bond donors (Lipinski definition) is 1. The molecule has 7 nitrogen and oxygen atoms in total. The average Bonchev–Trinajstić information content (AvgIpc) is 3.12. The van der Waals surface area contributed by atoms with Crippen LogP contribution in [0, 0.1) is 5.92 Å². The molecule has 2 aliphatic rings. The molecule has 1 amide bonds. The number of halogens is 1. The van der Waals surface area contributed by atoms with Crippen molar-refractivity contribution in [3.8, 4) is 0 Å². The van der Waals surface area contributed by atoms with E-state index in [0.717, 1.165) is 38.8 Å². The zero-order valence-corrected chi connectivity index (χ0v) is 15.5. The van der Waals surface area contributed by atoms with E-state index in [1.54, 1.807) is 17.9 Å². The maximum Gasteiger partial charge on any atom is 0.310 e. The number of carbonyl (C=O) groups is 2. The highest BCUT2D eigenvalue weighted by atomic mass is 35.5. The Labute approximate surface area is 154 Å². The van der Waals surface area contributed by atoms with Crippen molar-refractivity contribution in [1.82, 2.24) is 20.0 Å². The van der Waals surface area contributed by atoms with Gasteiger partial charge in [0.05, 0.1) is 18.6 Å². The molecule has 0 aliphatic carbocycles. The molecule has 2 fully saturated rings. The Bertz CT molecular complexity index is 586. The van der Waals surface area contributed by atoms with Crippen LogP contribution in [-0.2, 0) is 9.53 Å². The van der Waals surface area contributed by atoms with Crippen LogP contribution in [0.25, 0.3) is 0 Å². The second-order valence-electron chi connectivity index (χ2n) is 6.52. The lowest BCUT2D eigenvalue weighted by atomic mass is 9.98. The Hall–Kier alpha value is -1.60. The van der Waals surface area contributed by atoms with Crippen LogP contribution in [0.1, 0.15) is 49.1 Å². The van der Waals surface area contributed by atoms with Crippen LogP contribution < -0.4 is 5.32 Å². The molecule has 2 atom stereocenters. The quantitative estimate of drug-likeness (QED) is 0.815. The van der Waals surface area contributed by atoms with Crippen LogP contribution in [0.2, 0.25) is 0 Å². The normalized spacial score (nSPS) is 23.6. The van der Waals surface area contributed by atoms with Crippen molar-refractivity contribution in [3.63, 3.8) is 0 Å². The second kappa shape index (κ2) is 9.20. The van der Waals surface area contributed by atoms with Crippen LogP contribution in [0.15, 0.2) is 12.3 Å². The highest BCUT2D eigenvalue weighted by Crippen LogP contribution is 2.21. The summed E-state index contributed by atoms with van der Waals surface area (Å²) >= 11 is 0. The number of piperidine rings is 2. The first-order valence-electron chi connectivity index (χ1n) is 8.91. The third-order valence-corrected chi connectivity index (χ3v) is 4.80. The smallest absolute Gasteiger partial charge is 0.310 e. The summed E-state index contributed by atoms with van der Waals surface area (Å²) in [6, 6.07) is 2.10. The molecule has 3 heterocycles. The van der Waals surface area contributed by atoms with Crippen LogP contribution >= 0.6 is 12.4 Å². The van der Waals surface area contributed by atoms with Crippen molar-refractivity contribution >= 4 is 24.3 Å². The number of carbonyl (C=O) groups excluding carboxylic acids is 2. The molecular weight excluding hydrogens is 344 g/mol. The Morgan fingerprint density at radius 2 is 2.20 bits per heavy atom. The van der Waals surface area contributed by atoms with E-state index in [2.05, 4.69) is 10.4 Å². The molecular formula is C17H27ClN4O3. The maximum absolute atomic E-state index is 12.7. The van der Waals surface area contributed by atoms with E-state index in [0.29, 0.717) is 31.4 Å². The van der Waals surface area contributed by atoms with Gasteiger partial charge in [0.25, 0.3) is 5.91 Å². The summed E-state index contributed by atoms with van der Waals surface area (Å²) in [6.45, 7) is 5.22. The number of esters is 1. The molecule has 2 aliphatic heterocycles. The lowest BCUT2D eigenvalue weighted by Gasteiger charge is -2.31. The third kappa shape index (κ3) is 4.73. The first-order chi connectivity index (χ1) is 11.7. The fraction of sp³-hybridized carbons (Fsp3) is 0.706. The molecule has 2 saturated heterocycles. The Balaban J connectivity index is 0.00000225. The molecule has 140 valence electrons. The highest BCUT2D eigenvalue weighted by Gasteiger charge is 2.30. The van der Waals surface area contributed by atoms with E-state index < -0.39 is 0 Å². The first kappa shape index (κ1) is 19.7. The Morgan fingerprint density at radius 3 is 2.92 bits per heavy atom. The summed E-state index contributed by atoms with van der Waals surface area (Å²) in [7, 11) is 0. The summed E-state index contributed by atoms with van der Waals surface area (Å²) < 4.78 is 6.99. The van der Waals surface area contributed by atoms with Crippen molar-refractivity contribution in [2.75, 3.05) is 32.8 Å². The SMILES string of the molecule is CCOC(=O)C1CCCN(C(=O)c2ccn(C3CCCNC3)n2)C1.Cl. The van der Waals surface area contributed by atoms with Crippen LogP contribution in [-0.4, -0.2) is 59.3 Å². The van der Waals surface area contributed by atoms with Crippen molar-refractivity contribution in [1.29, 1.82) is 0 Å². The predicted octanol–water partition coefficient (Wildman–Crippen LogP) is 1.64. The van der Waals surface area contributed by atoms with E-state index in [1.807, 2.05) is 10.9 Å². The van der Waals surface area contributed by atoms with Gasteiger partial charge in [-0.3, -0.25) is 14.3 Å². The topological polar surface area (TPSA) is 76.5 Å². The highest BCUT2D eigenvalue weighted by molar-refractivity contribution is 5.92. The van der Waals surface area contributed by atoms with Gasteiger partial charge in [-0.15, -0.1) is 12.4 Å². The minimum absolute atomic E-state index is 0. The summed E-state index contributed by atoms with van der Waals surface area (Å²) in [4.78, 5) is 26.4. The van der Waals surface area contributed by atoms with Gasteiger partial charge >= 0.3 is 5.97 Å². The molecule has 8 heteroatoms. The Kier molecular flexibility index (Phi) is 7.25. The van der Waals surface area contributed by atoms with E-state index in [1.165, 1.54) is 0 Å². The molecule has 0 bridgehead atoms. The van der Waals surface area contributed by atoms with Crippen molar-refractivity contribution < 1.29 is 14.3 Å². The van der Waals surface area contributed by atoms with Crippen LogP contribution in [0.5, 0.6) is 0 Å². The van der Waals surface area contributed by atoms with Crippen molar-refractivity contribution in [2.45, 2.75) is 38.6 Å². The number of ether oxygens (including phenoxy) is 1. The zero-order valence-electron chi connectivity index (χ0n) is 14.6. The summed E-state index contributed by atoms with van der Waals surface area (Å²) in [6.07, 6.45) is 5.70. The number of aromatic nitrogens is 2.